The molecule has 0 saturated heterocycles. The lowest BCUT2D eigenvalue weighted by Gasteiger charge is -2.24. The zero-order chi connectivity index (χ0) is 14.5. The Balaban J connectivity index is 2.39. The van der Waals surface area contributed by atoms with Crippen LogP contribution in [0.2, 0.25) is 0 Å². The molecule has 0 aliphatic carbocycles. The first-order valence-electron chi connectivity index (χ1n) is 6.64. The molecule has 0 fully saturated rings. The van der Waals surface area contributed by atoms with E-state index in [1.54, 1.807) is 6.33 Å². The second-order valence-corrected chi connectivity index (χ2v) is 6.10. The SMILES string of the molecule is Cn1cnnc1CCNC(=O)C(CN)CC(C)(C)C. The van der Waals surface area contributed by atoms with Gasteiger partial charge in [-0.3, -0.25) is 4.79 Å². The van der Waals surface area contributed by atoms with Gasteiger partial charge >= 0.3 is 0 Å². The van der Waals surface area contributed by atoms with Crippen molar-refractivity contribution in [1.29, 1.82) is 0 Å². The van der Waals surface area contributed by atoms with Gasteiger partial charge in [0.05, 0.1) is 5.92 Å². The Morgan fingerprint density at radius 1 is 1.53 bits per heavy atom. The molecule has 0 aliphatic rings. The molecule has 108 valence electrons. The van der Waals surface area contributed by atoms with Crippen LogP contribution in [0.4, 0.5) is 0 Å². The predicted molar refractivity (Wildman–Crippen MR) is 74.3 cm³/mol. The van der Waals surface area contributed by atoms with E-state index in [2.05, 4.69) is 36.3 Å². The first kappa shape index (κ1) is 15.6. The van der Waals surface area contributed by atoms with Crippen LogP contribution in [-0.2, 0) is 18.3 Å². The number of aryl methyl sites for hydroxylation is 1. The first-order valence-corrected chi connectivity index (χ1v) is 6.64. The largest absolute Gasteiger partial charge is 0.355 e. The number of rotatable bonds is 6. The van der Waals surface area contributed by atoms with Gasteiger partial charge < -0.3 is 15.6 Å². The van der Waals surface area contributed by atoms with Crippen LogP contribution in [0.5, 0.6) is 0 Å². The van der Waals surface area contributed by atoms with E-state index in [4.69, 9.17) is 5.73 Å². The normalized spacial score (nSPS) is 13.3. The highest BCUT2D eigenvalue weighted by atomic mass is 16.1. The van der Waals surface area contributed by atoms with Crippen LogP contribution in [0.1, 0.15) is 33.0 Å². The molecule has 1 aromatic heterocycles. The first-order chi connectivity index (χ1) is 8.83. The molecule has 6 heteroatoms. The molecule has 1 atom stereocenters. The molecule has 0 aliphatic heterocycles. The van der Waals surface area contributed by atoms with Crippen LogP contribution >= 0.6 is 0 Å². The Bertz CT molecular complexity index is 407. The standard InChI is InChI=1S/C13H25N5O/c1-13(2,3)7-10(8-14)12(19)15-6-5-11-17-16-9-18(11)4/h9-10H,5-8,14H2,1-4H3,(H,15,19). The van der Waals surface area contributed by atoms with Crippen molar-refractivity contribution in [3.63, 3.8) is 0 Å². The molecular formula is C13H25N5O. The van der Waals surface area contributed by atoms with E-state index in [1.807, 2.05) is 11.6 Å². The van der Waals surface area contributed by atoms with Gasteiger partial charge in [0.15, 0.2) is 0 Å². The van der Waals surface area contributed by atoms with Crippen molar-refractivity contribution >= 4 is 5.91 Å². The summed E-state index contributed by atoms with van der Waals surface area (Å²) in [6, 6.07) is 0. The highest BCUT2D eigenvalue weighted by molar-refractivity contribution is 5.78. The summed E-state index contributed by atoms with van der Waals surface area (Å²) < 4.78 is 1.85. The van der Waals surface area contributed by atoms with Crippen LogP contribution in [0, 0.1) is 11.3 Å². The van der Waals surface area contributed by atoms with Gasteiger partial charge in [0.2, 0.25) is 5.91 Å². The molecule has 1 aromatic rings. The van der Waals surface area contributed by atoms with E-state index in [9.17, 15) is 4.79 Å². The van der Waals surface area contributed by atoms with Gasteiger partial charge in [0.1, 0.15) is 12.2 Å². The Kier molecular flexibility index (Phi) is 5.47. The van der Waals surface area contributed by atoms with Gasteiger partial charge in [-0.05, 0) is 11.8 Å². The third-order valence-electron chi connectivity index (χ3n) is 2.97. The molecule has 1 rings (SSSR count). The molecule has 3 N–H and O–H groups in total. The number of aromatic nitrogens is 3. The summed E-state index contributed by atoms with van der Waals surface area (Å²) in [7, 11) is 1.89. The number of carbonyl (C=O) groups excluding carboxylic acids is 1. The quantitative estimate of drug-likeness (QED) is 0.785. The van der Waals surface area contributed by atoms with E-state index in [1.165, 1.54) is 0 Å². The summed E-state index contributed by atoms with van der Waals surface area (Å²) in [6.45, 7) is 7.28. The molecule has 1 heterocycles. The Morgan fingerprint density at radius 2 is 2.21 bits per heavy atom. The average molecular weight is 267 g/mol. The highest BCUT2D eigenvalue weighted by Gasteiger charge is 2.23. The lowest BCUT2D eigenvalue weighted by Crippen LogP contribution is -2.38. The summed E-state index contributed by atoms with van der Waals surface area (Å²) in [5, 5.41) is 10.7. The lowest BCUT2D eigenvalue weighted by atomic mass is 9.84. The molecule has 1 amide bonds. The third kappa shape index (κ3) is 5.38. The predicted octanol–water partition coefficient (Wildman–Crippen LogP) is 0.485. The molecule has 0 spiro atoms. The molecule has 6 nitrogen and oxygen atoms in total. The second-order valence-electron chi connectivity index (χ2n) is 6.10. The number of hydrogen-bond donors (Lipinski definition) is 2. The van der Waals surface area contributed by atoms with Crippen LogP contribution in [-0.4, -0.2) is 33.8 Å². The zero-order valence-corrected chi connectivity index (χ0v) is 12.3. The monoisotopic (exact) mass is 267 g/mol. The van der Waals surface area contributed by atoms with E-state index >= 15 is 0 Å². The van der Waals surface area contributed by atoms with Gasteiger partial charge in [-0.25, -0.2) is 0 Å². The minimum Gasteiger partial charge on any atom is -0.355 e. The van der Waals surface area contributed by atoms with Gasteiger partial charge in [-0.15, -0.1) is 10.2 Å². The number of nitrogens with zero attached hydrogens (tertiary/aromatic N) is 3. The van der Waals surface area contributed by atoms with E-state index in [0.717, 1.165) is 12.2 Å². The van der Waals surface area contributed by atoms with Crippen molar-refractivity contribution < 1.29 is 4.79 Å². The van der Waals surface area contributed by atoms with Crippen molar-refractivity contribution in [3.05, 3.63) is 12.2 Å². The molecule has 19 heavy (non-hydrogen) atoms. The van der Waals surface area contributed by atoms with Crippen LogP contribution in [0.3, 0.4) is 0 Å². The second kappa shape index (κ2) is 6.65. The summed E-state index contributed by atoms with van der Waals surface area (Å²) in [5.41, 5.74) is 5.79. The minimum absolute atomic E-state index is 0.0274. The van der Waals surface area contributed by atoms with Gasteiger partial charge in [-0.1, -0.05) is 20.8 Å². The summed E-state index contributed by atoms with van der Waals surface area (Å²) >= 11 is 0. The van der Waals surface area contributed by atoms with Crippen molar-refractivity contribution in [2.75, 3.05) is 13.1 Å². The molecule has 0 bridgehead atoms. The number of nitrogens with one attached hydrogen (secondary N) is 1. The Labute approximate surface area is 114 Å². The average Bonchev–Trinajstić information content (AvgIpc) is 2.71. The van der Waals surface area contributed by atoms with E-state index in [-0.39, 0.29) is 17.2 Å². The maximum absolute atomic E-state index is 12.0. The molecule has 0 radical (unpaired) electrons. The van der Waals surface area contributed by atoms with Gasteiger partial charge in [-0.2, -0.15) is 0 Å². The topological polar surface area (TPSA) is 85.8 Å². The zero-order valence-electron chi connectivity index (χ0n) is 12.3. The maximum Gasteiger partial charge on any atom is 0.224 e. The number of amides is 1. The minimum atomic E-state index is -0.125. The molecule has 0 saturated carbocycles. The fourth-order valence-corrected chi connectivity index (χ4v) is 2.00. The van der Waals surface area contributed by atoms with Crippen molar-refractivity contribution in [2.24, 2.45) is 24.1 Å². The smallest absolute Gasteiger partial charge is 0.224 e. The summed E-state index contributed by atoms with van der Waals surface area (Å²) in [4.78, 5) is 12.0. The highest BCUT2D eigenvalue weighted by Crippen LogP contribution is 2.23. The van der Waals surface area contributed by atoms with Crippen LogP contribution in [0.15, 0.2) is 6.33 Å². The number of hydrogen-bond acceptors (Lipinski definition) is 4. The van der Waals surface area contributed by atoms with Crippen LogP contribution < -0.4 is 11.1 Å². The third-order valence-corrected chi connectivity index (χ3v) is 2.97. The summed E-state index contributed by atoms with van der Waals surface area (Å²) in [5.74, 6) is 0.763. The van der Waals surface area contributed by atoms with E-state index < -0.39 is 0 Å². The summed E-state index contributed by atoms with van der Waals surface area (Å²) in [6.07, 6.45) is 3.12. The van der Waals surface area contributed by atoms with Crippen molar-refractivity contribution in [3.8, 4) is 0 Å². The number of carbonyl (C=O) groups is 1. The van der Waals surface area contributed by atoms with E-state index in [0.29, 0.717) is 19.5 Å². The maximum atomic E-state index is 12.0. The van der Waals surface area contributed by atoms with Crippen LogP contribution in [0.25, 0.3) is 0 Å². The Morgan fingerprint density at radius 3 is 2.68 bits per heavy atom. The molecule has 1 unspecified atom stereocenters. The Hall–Kier alpha value is -1.43. The fourth-order valence-electron chi connectivity index (χ4n) is 2.00. The lowest BCUT2D eigenvalue weighted by molar-refractivity contribution is -0.125. The fraction of sp³-hybridized carbons (Fsp3) is 0.769. The van der Waals surface area contributed by atoms with Gasteiger partial charge in [0.25, 0.3) is 0 Å². The van der Waals surface area contributed by atoms with Crippen molar-refractivity contribution in [2.45, 2.75) is 33.6 Å². The molecular weight excluding hydrogens is 242 g/mol. The molecule has 0 aromatic carbocycles. The number of nitrogens with two attached hydrogens (primary N) is 1. The van der Waals surface area contributed by atoms with Crippen molar-refractivity contribution in [1.82, 2.24) is 20.1 Å². The van der Waals surface area contributed by atoms with Gasteiger partial charge in [0, 0.05) is 26.6 Å².